The topological polar surface area (TPSA) is 233 Å². The zero-order chi connectivity index (χ0) is 38.7. The van der Waals surface area contributed by atoms with Crippen molar-refractivity contribution in [2.75, 3.05) is 93.3 Å². The van der Waals surface area contributed by atoms with Crippen LogP contribution in [0.1, 0.15) is 91.7 Å². The maximum Gasteiger partial charge on any atom is 0.0594 e. The second-order valence-electron chi connectivity index (χ2n) is 12.0. The molecule has 0 heterocycles. The van der Waals surface area contributed by atoms with Crippen LogP contribution in [0.4, 0.5) is 0 Å². The lowest BCUT2D eigenvalue weighted by atomic mass is 9.97. The molecule has 14 heteroatoms. The molecule has 1 aromatic carbocycles. The van der Waals surface area contributed by atoms with E-state index < -0.39 is 0 Å². The van der Waals surface area contributed by atoms with Crippen LogP contribution in [0, 0.1) is 11.8 Å². The summed E-state index contributed by atoms with van der Waals surface area (Å²) in [6.07, 6.45) is 5.04. The molecule has 0 aromatic heterocycles. The molecule has 0 aliphatic rings. The highest BCUT2D eigenvalue weighted by atomic mass is 16.5. The summed E-state index contributed by atoms with van der Waals surface area (Å²) in [7, 11) is 1.72. The standard InChI is InChI=1S/C12H18.C8H21N3O.C7H19N3O.C7H19N3.C2H9N3/c1-4-10(3)12-8-6-11(5-2)7-9-12;1-3-8(2)12-5-4-10-7-11-6-9;1-7(4-11-2)3-9-6-10-5-8;1-3-7(2)4-9-6-10-5-8;3-1-5-2-4/h6-10H,4-5H2,1-3H3;8,10-11H,3-7,9H2,1-2H3;7,9-10H,3-6,8H2,1-2H3;7,9-10H,3-6,8H2,1-2H3;5H,1-4H2. The first kappa shape index (κ1) is 55.4. The largest absolute Gasteiger partial charge is 0.384 e. The lowest BCUT2D eigenvalue weighted by Crippen LogP contribution is -2.35. The number of hydrogen-bond donors (Lipinski definition) is 12. The molecule has 302 valence electrons. The lowest BCUT2D eigenvalue weighted by Gasteiger charge is -2.11. The predicted octanol–water partition coefficient (Wildman–Crippen LogP) is 1.43. The molecule has 0 fully saturated rings. The molecule has 4 atom stereocenters. The summed E-state index contributed by atoms with van der Waals surface area (Å²) in [5.74, 6) is 2.02. The molecule has 14 nitrogen and oxygen atoms in total. The Morgan fingerprint density at radius 2 is 1.06 bits per heavy atom. The van der Waals surface area contributed by atoms with Crippen LogP contribution in [0.2, 0.25) is 0 Å². The van der Waals surface area contributed by atoms with Crippen molar-refractivity contribution in [3.63, 3.8) is 0 Å². The van der Waals surface area contributed by atoms with Gasteiger partial charge in [0.25, 0.3) is 0 Å². The highest BCUT2D eigenvalue weighted by Crippen LogP contribution is 2.18. The Morgan fingerprint density at radius 3 is 1.44 bits per heavy atom. The van der Waals surface area contributed by atoms with E-state index in [4.69, 9.17) is 38.1 Å². The lowest BCUT2D eigenvalue weighted by molar-refractivity contribution is 0.0655. The van der Waals surface area contributed by atoms with Crippen LogP contribution in [-0.4, -0.2) is 99.4 Å². The smallest absolute Gasteiger partial charge is 0.0594 e. The number of nitrogens with one attached hydrogen (secondary N) is 7. The van der Waals surface area contributed by atoms with Gasteiger partial charge in [0.2, 0.25) is 0 Å². The van der Waals surface area contributed by atoms with Crippen molar-refractivity contribution in [2.24, 2.45) is 40.5 Å². The second-order valence-corrected chi connectivity index (χ2v) is 12.0. The number of nitrogens with two attached hydrogens (primary N) is 5. The number of benzene rings is 1. The molecule has 0 radical (unpaired) electrons. The van der Waals surface area contributed by atoms with E-state index in [1.165, 1.54) is 24.0 Å². The quantitative estimate of drug-likeness (QED) is 0.0480. The van der Waals surface area contributed by atoms with Gasteiger partial charge in [0.15, 0.2) is 0 Å². The van der Waals surface area contributed by atoms with Gasteiger partial charge in [0.05, 0.1) is 12.7 Å². The average Bonchev–Trinajstić information content (AvgIpc) is 3.14. The fraction of sp³-hybridized carbons (Fsp3) is 0.833. The Kier molecular flexibility index (Phi) is 52.8. The summed E-state index contributed by atoms with van der Waals surface area (Å²) in [5, 5.41) is 21.2. The third-order valence-corrected chi connectivity index (χ3v) is 7.43. The summed E-state index contributed by atoms with van der Waals surface area (Å²) in [6, 6.07) is 8.99. The molecular weight excluding hydrogens is 632 g/mol. The molecule has 17 N–H and O–H groups in total. The van der Waals surface area contributed by atoms with Gasteiger partial charge in [-0.25, -0.2) is 0 Å². The zero-order valence-electron chi connectivity index (χ0n) is 33.8. The van der Waals surface area contributed by atoms with Gasteiger partial charge in [-0.1, -0.05) is 79.2 Å². The van der Waals surface area contributed by atoms with Gasteiger partial charge < -0.3 is 54.1 Å². The van der Waals surface area contributed by atoms with Gasteiger partial charge in [0, 0.05) is 80.2 Å². The van der Waals surface area contributed by atoms with Gasteiger partial charge in [-0.2, -0.15) is 0 Å². The summed E-state index contributed by atoms with van der Waals surface area (Å²) in [5.41, 5.74) is 28.5. The van der Waals surface area contributed by atoms with E-state index in [2.05, 4.69) is 117 Å². The van der Waals surface area contributed by atoms with Gasteiger partial charge in [0.1, 0.15) is 0 Å². The van der Waals surface area contributed by atoms with Crippen LogP contribution in [0.5, 0.6) is 0 Å². The van der Waals surface area contributed by atoms with E-state index in [1.54, 1.807) is 7.11 Å². The first-order chi connectivity index (χ1) is 24.1. The van der Waals surface area contributed by atoms with E-state index in [0.717, 1.165) is 71.6 Å². The molecule has 1 aromatic rings. The molecule has 0 aliphatic heterocycles. The maximum absolute atomic E-state index is 5.45. The maximum atomic E-state index is 5.45. The average molecular weight is 719 g/mol. The fourth-order valence-corrected chi connectivity index (χ4v) is 3.55. The molecular formula is C36H86N12O2. The molecule has 0 amide bonds. The number of ether oxygens (including phenoxy) is 2. The summed E-state index contributed by atoms with van der Waals surface area (Å²) in [4.78, 5) is 0. The van der Waals surface area contributed by atoms with Crippen LogP contribution in [-0.2, 0) is 15.9 Å². The van der Waals surface area contributed by atoms with E-state index in [1.807, 2.05) is 0 Å². The summed E-state index contributed by atoms with van der Waals surface area (Å²) < 4.78 is 10.4. The highest BCUT2D eigenvalue weighted by Gasteiger charge is 2.01. The summed E-state index contributed by atoms with van der Waals surface area (Å²) in [6.45, 7) is 26.8. The van der Waals surface area contributed by atoms with Crippen LogP contribution in [0.25, 0.3) is 0 Å². The first-order valence-corrected chi connectivity index (χ1v) is 18.8. The van der Waals surface area contributed by atoms with Gasteiger partial charge >= 0.3 is 0 Å². The molecule has 0 bridgehead atoms. The number of rotatable bonds is 26. The van der Waals surface area contributed by atoms with Gasteiger partial charge in [-0.15, -0.1) is 0 Å². The molecule has 0 saturated heterocycles. The van der Waals surface area contributed by atoms with Crippen molar-refractivity contribution in [2.45, 2.75) is 93.1 Å². The number of hydrogen-bond acceptors (Lipinski definition) is 14. The van der Waals surface area contributed by atoms with E-state index in [0.29, 0.717) is 51.3 Å². The Morgan fingerprint density at radius 1 is 0.580 bits per heavy atom. The van der Waals surface area contributed by atoms with Crippen molar-refractivity contribution in [1.82, 2.24) is 37.2 Å². The van der Waals surface area contributed by atoms with Crippen LogP contribution >= 0.6 is 0 Å². The molecule has 0 aliphatic carbocycles. The third kappa shape index (κ3) is 46.7. The molecule has 50 heavy (non-hydrogen) atoms. The van der Waals surface area contributed by atoms with Crippen LogP contribution in [0.15, 0.2) is 24.3 Å². The summed E-state index contributed by atoms with van der Waals surface area (Å²) >= 11 is 0. The normalized spacial score (nSPS) is 12.8. The van der Waals surface area contributed by atoms with Crippen molar-refractivity contribution in [1.29, 1.82) is 0 Å². The monoisotopic (exact) mass is 719 g/mol. The Hall–Kier alpha value is -1.34. The molecule has 0 saturated carbocycles. The minimum absolute atomic E-state index is 0.370. The Balaban J connectivity index is -0.000000270. The van der Waals surface area contributed by atoms with Gasteiger partial charge in [-0.3, -0.25) is 21.3 Å². The fourth-order valence-electron chi connectivity index (χ4n) is 3.55. The Bertz CT molecular complexity index is 721. The molecule has 1 rings (SSSR count). The molecule has 0 spiro atoms. The van der Waals surface area contributed by atoms with E-state index in [-0.39, 0.29) is 0 Å². The number of methoxy groups -OCH3 is 1. The van der Waals surface area contributed by atoms with Crippen LogP contribution < -0.4 is 65.9 Å². The molecule has 4 unspecified atom stereocenters. The van der Waals surface area contributed by atoms with Crippen LogP contribution in [0.3, 0.4) is 0 Å². The van der Waals surface area contributed by atoms with E-state index >= 15 is 0 Å². The zero-order valence-corrected chi connectivity index (χ0v) is 33.8. The minimum Gasteiger partial charge on any atom is -0.384 e. The van der Waals surface area contributed by atoms with Crippen molar-refractivity contribution >= 4 is 0 Å². The Labute approximate surface area is 308 Å². The minimum atomic E-state index is 0.370. The second kappa shape index (κ2) is 47.7. The van der Waals surface area contributed by atoms with Gasteiger partial charge in [-0.05, 0) is 61.6 Å². The van der Waals surface area contributed by atoms with Crippen molar-refractivity contribution in [3.05, 3.63) is 35.4 Å². The first-order valence-electron chi connectivity index (χ1n) is 18.8. The predicted molar refractivity (Wildman–Crippen MR) is 217 cm³/mol. The van der Waals surface area contributed by atoms with E-state index in [9.17, 15) is 0 Å². The highest BCUT2D eigenvalue weighted by molar-refractivity contribution is 5.24. The number of aryl methyl sites for hydroxylation is 1. The third-order valence-electron chi connectivity index (χ3n) is 7.43. The van der Waals surface area contributed by atoms with Crippen molar-refractivity contribution in [3.8, 4) is 0 Å². The van der Waals surface area contributed by atoms with Crippen molar-refractivity contribution < 1.29 is 9.47 Å². The SMILES string of the molecule is CCC(C)CNCNCN.CCC(C)OCCNCNCN.CCc1ccc(C(C)CC)cc1.COCC(C)CNCNCN.NCNCN.